The number of carbonyl (C=O) groups excluding carboxylic acids is 3. The highest BCUT2D eigenvalue weighted by Crippen LogP contribution is 2.34. The van der Waals surface area contributed by atoms with Gasteiger partial charge in [-0.1, -0.05) is 13.8 Å². The van der Waals surface area contributed by atoms with E-state index in [0.29, 0.717) is 19.3 Å². The highest BCUT2D eigenvalue weighted by atomic mass is 16.5. The van der Waals surface area contributed by atoms with Crippen molar-refractivity contribution in [1.29, 1.82) is 0 Å². The first-order chi connectivity index (χ1) is 8.89. The summed E-state index contributed by atoms with van der Waals surface area (Å²) in [6.07, 6.45) is 3.73. The molecule has 1 saturated carbocycles. The Hall–Kier alpha value is -1.03. The number of Topliss-reactive ketones (excluding diaryl/α,β-unsaturated/α-hetero) is 3. The Kier molecular flexibility index (Phi) is 4.19. The maximum Gasteiger partial charge on any atom is 0.151 e. The molecule has 1 atom stereocenters. The molecule has 4 heteroatoms. The molecule has 106 valence electrons. The molecular weight excluding hydrogens is 244 g/mol. The summed E-state index contributed by atoms with van der Waals surface area (Å²) in [5.74, 6) is -1.59. The van der Waals surface area contributed by atoms with E-state index in [4.69, 9.17) is 4.74 Å². The van der Waals surface area contributed by atoms with Gasteiger partial charge in [0.05, 0.1) is 6.10 Å². The lowest BCUT2D eigenvalue weighted by atomic mass is 9.70. The fraction of sp³-hybridized carbons (Fsp3) is 0.800. The average molecular weight is 266 g/mol. The lowest BCUT2D eigenvalue weighted by molar-refractivity contribution is -0.145. The molecule has 1 heterocycles. The lowest BCUT2D eigenvalue weighted by Crippen LogP contribution is -2.41. The zero-order valence-electron chi connectivity index (χ0n) is 11.7. The molecule has 19 heavy (non-hydrogen) atoms. The van der Waals surface area contributed by atoms with Gasteiger partial charge in [-0.15, -0.1) is 0 Å². The molecule has 2 rings (SSSR count). The molecule has 0 amide bonds. The Balaban J connectivity index is 1.91. The molecule has 0 aromatic carbocycles. The highest BCUT2D eigenvalue weighted by molar-refractivity contribution is 6.20. The second-order valence-corrected chi connectivity index (χ2v) is 6.52. The first-order valence-electron chi connectivity index (χ1n) is 7.09. The molecule has 0 aromatic rings. The van der Waals surface area contributed by atoms with E-state index in [-0.39, 0.29) is 35.3 Å². The van der Waals surface area contributed by atoms with E-state index in [0.717, 1.165) is 19.4 Å². The summed E-state index contributed by atoms with van der Waals surface area (Å²) in [5.41, 5.74) is -0.292. The number of rotatable bonds is 4. The van der Waals surface area contributed by atoms with E-state index in [1.807, 2.05) is 13.8 Å². The molecule has 0 bridgehead atoms. The van der Waals surface area contributed by atoms with E-state index in [9.17, 15) is 14.4 Å². The Morgan fingerprint density at radius 3 is 2.42 bits per heavy atom. The molecule has 0 aromatic heterocycles. The number of hydrogen-bond donors (Lipinski definition) is 0. The molecule has 2 aliphatic rings. The van der Waals surface area contributed by atoms with E-state index in [2.05, 4.69) is 0 Å². The van der Waals surface area contributed by atoms with Crippen LogP contribution >= 0.6 is 0 Å². The van der Waals surface area contributed by atoms with Crippen LogP contribution in [0.4, 0.5) is 0 Å². The van der Waals surface area contributed by atoms with Gasteiger partial charge in [-0.05, 0) is 24.7 Å². The van der Waals surface area contributed by atoms with E-state index >= 15 is 0 Å². The van der Waals surface area contributed by atoms with Gasteiger partial charge in [0.25, 0.3) is 0 Å². The van der Waals surface area contributed by atoms with Crippen molar-refractivity contribution in [3.05, 3.63) is 0 Å². The van der Waals surface area contributed by atoms with E-state index in [1.165, 1.54) is 0 Å². The van der Waals surface area contributed by atoms with Gasteiger partial charge < -0.3 is 4.74 Å². The predicted octanol–water partition coefficient (Wildman–Crippen LogP) is 2.09. The molecule has 1 aliphatic carbocycles. The van der Waals surface area contributed by atoms with Crippen molar-refractivity contribution in [3.8, 4) is 0 Å². The third kappa shape index (κ3) is 3.50. The van der Waals surface area contributed by atoms with Crippen molar-refractivity contribution < 1.29 is 19.1 Å². The second kappa shape index (κ2) is 5.53. The first-order valence-corrected chi connectivity index (χ1v) is 7.09. The number of ether oxygens (including phenoxy) is 1. The molecule has 1 unspecified atom stereocenters. The third-order valence-corrected chi connectivity index (χ3v) is 4.01. The van der Waals surface area contributed by atoms with Crippen molar-refractivity contribution in [2.75, 3.05) is 6.61 Å². The number of carbonyl (C=O) groups is 3. The monoisotopic (exact) mass is 266 g/mol. The molecule has 1 aliphatic heterocycles. The van der Waals surface area contributed by atoms with Crippen molar-refractivity contribution in [3.63, 3.8) is 0 Å². The van der Waals surface area contributed by atoms with Crippen LogP contribution in [-0.4, -0.2) is 30.1 Å². The van der Waals surface area contributed by atoms with Crippen LogP contribution < -0.4 is 0 Å². The fourth-order valence-corrected chi connectivity index (χ4v) is 3.07. The predicted molar refractivity (Wildman–Crippen MR) is 69.7 cm³/mol. The van der Waals surface area contributed by atoms with Crippen LogP contribution in [0, 0.1) is 11.3 Å². The van der Waals surface area contributed by atoms with Crippen LogP contribution in [0.3, 0.4) is 0 Å². The van der Waals surface area contributed by atoms with Crippen molar-refractivity contribution in [2.24, 2.45) is 11.3 Å². The van der Waals surface area contributed by atoms with E-state index < -0.39 is 5.92 Å². The van der Waals surface area contributed by atoms with Gasteiger partial charge >= 0.3 is 0 Å². The fourth-order valence-electron chi connectivity index (χ4n) is 3.07. The van der Waals surface area contributed by atoms with Gasteiger partial charge in [0.15, 0.2) is 17.3 Å². The summed E-state index contributed by atoms with van der Waals surface area (Å²) >= 11 is 0. The van der Waals surface area contributed by atoms with Gasteiger partial charge in [0, 0.05) is 25.9 Å². The summed E-state index contributed by atoms with van der Waals surface area (Å²) in [5, 5.41) is 0. The summed E-state index contributed by atoms with van der Waals surface area (Å²) in [6.45, 7) is 4.56. The Labute approximate surface area is 113 Å². The minimum absolute atomic E-state index is 0.134. The molecule has 1 saturated heterocycles. The minimum Gasteiger partial charge on any atom is -0.378 e. The topological polar surface area (TPSA) is 60.4 Å². The zero-order valence-corrected chi connectivity index (χ0v) is 11.7. The van der Waals surface area contributed by atoms with Crippen molar-refractivity contribution in [2.45, 2.75) is 58.5 Å². The van der Waals surface area contributed by atoms with Crippen molar-refractivity contribution in [1.82, 2.24) is 0 Å². The summed E-state index contributed by atoms with van der Waals surface area (Å²) in [7, 11) is 0. The van der Waals surface area contributed by atoms with Crippen LogP contribution in [0.15, 0.2) is 0 Å². The summed E-state index contributed by atoms with van der Waals surface area (Å²) in [4.78, 5) is 36.1. The van der Waals surface area contributed by atoms with Crippen LogP contribution in [-0.2, 0) is 19.1 Å². The van der Waals surface area contributed by atoms with Crippen LogP contribution in [0.25, 0.3) is 0 Å². The zero-order chi connectivity index (χ0) is 14.0. The van der Waals surface area contributed by atoms with Gasteiger partial charge in [0.1, 0.15) is 5.92 Å². The van der Waals surface area contributed by atoms with Gasteiger partial charge in [-0.2, -0.15) is 0 Å². The van der Waals surface area contributed by atoms with Crippen LogP contribution in [0.2, 0.25) is 0 Å². The van der Waals surface area contributed by atoms with Gasteiger partial charge in [0.2, 0.25) is 0 Å². The Morgan fingerprint density at radius 2 is 1.89 bits per heavy atom. The van der Waals surface area contributed by atoms with E-state index in [1.54, 1.807) is 0 Å². The second-order valence-electron chi connectivity index (χ2n) is 6.52. The molecule has 0 spiro atoms. The Morgan fingerprint density at radius 1 is 1.26 bits per heavy atom. The number of ketones is 3. The van der Waals surface area contributed by atoms with Crippen LogP contribution in [0.1, 0.15) is 52.4 Å². The van der Waals surface area contributed by atoms with Crippen molar-refractivity contribution >= 4 is 17.3 Å². The molecular formula is C15H22O4. The van der Waals surface area contributed by atoms with Gasteiger partial charge in [-0.3, -0.25) is 14.4 Å². The SMILES string of the molecule is CC1(C)CC(=O)C(C(=O)CCC2CCCO2)C(=O)C1. The van der Waals surface area contributed by atoms with Crippen LogP contribution in [0.5, 0.6) is 0 Å². The molecule has 0 N–H and O–H groups in total. The first kappa shape index (κ1) is 14.4. The Bertz CT molecular complexity index is 371. The smallest absolute Gasteiger partial charge is 0.151 e. The quantitative estimate of drug-likeness (QED) is 0.731. The maximum absolute atomic E-state index is 12.1. The average Bonchev–Trinajstić information content (AvgIpc) is 2.76. The molecule has 4 nitrogen and oxygen atoms in total. The third-order valence-electron chi connectivity index (χ3n) is 4.01. The highest BCUT2D eigenvalue weighted by Gasteiger charge is 2.42. The standard InChI is InChI=1S/C15H22O4/c1-15(2)8-12(17)14(13(18)9-15)11(16)6-5-10-4-3-7-19-10/h10,14H,3-9H2,1-2H3. The normalized spacial score (nSPS) is 27.8. The summed E-state index contributed by atoms with van der Waals surface area (Å²) < 4.78 is 5.46. The molecule has 0 radical (unpaired) electrons. The minimum atomic E-state index is -0.991. The molecule has 2 fully saturated rings. The lowest BCUT2D eigenvalue weighted by Gasteiger charge is -2.31. The largest absolute Gasteiger partial charge is 0.378 e. The summed E-state index contributed by atoms with van der Waals surface area (Å²) in [6, 6.07) is 0. The van der Waals surface area contributed by atoms with Gasteiger partial charge in [-0.25, -0.2) is 0 Å². The maximum atomic E-state index is 12.1. The number of hydrogen-bond acceptors (Lipinski definition) is 4.